The van der Waals surface area contributed by atoms with Crippen LogP contribution in [0.25, 0.3) is 11.4 Å². The van der Waals surface area contributed by atoms with Crippen LogP contribution in [0.1, 0.15) is 36.6 Å². The first kappa shape index (κ1) is 18.6. The number of benzene rings is 2. The Morgan fingerprint density at radius 1 is 1.04 bits per heavy atom. The molecule has 142 valence electrons. The Morgan fingerprint density at radius 3 is 2.57 bits per heavy atom. The Hall–Kier alpha value is -2.73. The van der Waals surface area contributed by atoms with Gasteiger partial charge in [0.1, 0.15) is 5.75 Å². The van der Waals surface area contributed by atoms with E-state index in [-0.39, 0.29) is 5.75 Å². The Kier molecular flexibility index (Phi) is 5.39. The van der Waals surface area contributed by atoms with Crippen LogP contribution in [0.3, 0.4) is 0 Å². The lowest BCUT2D eigenvalue weighted by molar-refractivity contribution is 0.474. The summed E-state index contributed by atoms with van der Waals surface area (Å²) in [5, 5.41) is 14.5. The number of nitrogens with zero attached hydrogens (tertiary/aromatic N) is 3. The Morgan fingerprint density at radius 2 is 1.79 bits per heavy atom. The van der Waals surface area contributed by atoms with Crippen molar-refractivity contribution >= 4 is 27.5 Å². The van der Waals surface area contributed by atoms with E-state index >= 15 is 0 Å². The molecule has 5 nitrogen and oxygen atoms in total. The van der Waals surface area contributed by atoms with E-state index in [4.69, 9.17) is 9.97 Å². The minimum atomic E-state index is 0.214. The fraction of sp³-hybridized carbons (Fsp3) is 0.227. The maximum absolute atomic E-state index is 10.0. The van der Waals surface area contributed by atoms with Gasteiger partial charge in [-0.3, -0.25) is 5.43 Å². The summed E-state index contributed by atoms with van der Waals surface area (Å²) in [5.41, 5.74) is 7.74. The second-order valence-electron chi connectivity index (χ2n) is 6.86. The zero-order valence-electron chi connectivity index (χ0n) is 15.6. The molecule has 0 unspecified atom stereocenters. The molecule has 0 spiro atoms. The summed E-state index contributed by atoms with van der Waals surface area (Å²) in [4.78, 5) is 9.59. The van der Waals surface area contributed by atoms with Gasteiger partial charge in [0, 0.05) is 26.9 Å². The van der Waals surface area contributed by atoms with Crippen LogP contribution in [0.5, 0.6) is 5.75 Å². The molecule has 0 amide bonds. The smallest absolute Gasteiger partial charge is 0.161 e. The zero-order valence-corrected chi connectivity index (χ0v) is 17.2. The monoisotopic (exact) mass is 436 g/mol. The van der Waals surface area contributed by atoms with Crippen LogP contribution in [-0.4, -0.2) is 20.8 Å². The van der Waals surface area contributed by atoms with Gasteiger partial charge in [0.15, 0.2) is 11.6 Å². The molecule has 0 atom stereocenters. The molecular weight excluding hydrogens is 416 g/mol. The number of aromatic nitrogens is 2. The number of hydrogen-bond donors (Lipinski definition) is 2. The number of phenolic OH excluding ortho intramolecular Hbond substituents is 1. The Labute approximate surface area is 172 Å². The van der Waals surface area contributed by atoms with Gasteiger partial charge in [0.2, 0.25) is 0 Å². The molecule has 1 heterocycles. The molecule has 0 radical (unpaired) electrons. The van der Waals surface area contributed by atoms with Crippen molar-refractivity contribution in [3.8, 4) is 17.1 Å². The largest absolute Gasteiger partial charge is 0.507 e. The van der Waals surface area contributed by atoms with Gasteiger partial charge in [0.05, 0.1) is 5.71 Å². The second kappa shape index (κ2) is 8.10. The topological polar surface area (TPSA) is 70.4 Å². The first-order valence-corrected chi connectivity index (χ1v) is 10.2. The van der Waals surface area contributed by atoms with Crippen molar-refractivity contribution in [1.82, 2.24) is 9.97 Å². The second-order valence-corrected chi connectivity index (χ2v) is 7.78. The van der Waals surface area contributed by atoms with E-state index in [9.17, 15) is 5.11 Å². The fourth-order valence-corrected chi connectivity index (χ4v) is 3.66. The average molecular weight is 437 g/mol. The molecule has 0 saturated heterocycles. The van der Waals surface area contributed by atoms with Gasteiger partial charge in [-0.1, -0.05) is 40.2 Å². The van der Waals surface area contributed by atoms with Crippen LogP contribution >= 0.6 is 15.9 Å². The van der Waals surface area contributed by atoms with Gasteiger partial charge in [-0.25, -0.2) is 9.97 Å². The van der Waals surface area contributed by atoms with Gasteiger partial charge in [0.25, 0.3) is 0 Å². The minimum absolute atomic E-state index is 0.214. The van der Waals surface area contributed by atoms with Crippen molar-refractivity contribution in [3.63, 3.8) is 0 Å². The highest BCUT2D eigenvalue weighted by molar-refractivity contribution is 9.10. The number of aryl methyl sites for hydroxylation is 1. The highest BCUT2D eigenvalue weighted by Crippen LogP contribution is 2.29. The number of hydrazone groups is 1. The van der Waals surface area contributed by atoms with E-state index < -0.39 is 0 Å². The summed E-state index contributed by atoms with van der Waals surface area (Å²) in [7, 11) is 0. The summed E-state index contributed by atoms with van der Waals surface area (Å²) < 4.78 is 1.02. The van der Waals surface area contributed by atoms with Gasteiger partial charge >= 0.3 is 0 Å². The molecule has 4 rings (SSSR count). The number of halogens is 1. The first-order chi connectivity index (χ1) is 13.6. The van der Waals surface area contributed by atoms with Crippen molar-refractivity contribution in [1.29, 1.82) is 0 Å². The minimum Gasteiger partial charge on any atom is -0.507 e. The van der Waals surface area contributed by atoms with Crippen molar-refractivity contribution in [2.24, 2.45) is 5.10 Å². The van der Waals surface area contributed by atoms with Gasteiger partial charge in [-0.05, 0) is 56.9 Å². The fourth-order valence-electron chi connectivity index (χ4n) is 3.39. The molecule has 1 aliphatic carbocycles. The molecule has 28 heavy (non-hydrogen) atoms. The van der Waals surface area contributed by atoms with E-state index in [0.29, 0.717) is 17.1 Å². The van der Waals surface area contributed by atoms with E-state index in [1.807, 2.05) is 43.3 Å². The van der Waals surface area contributed by atoms with E-state index in [2.05, 4.69) is 26.5 Å². The lowest BCUT2D eigenvalue weighted by Gasteiger charge is -2.19. The molecular formula is C22H21BrN4O. The number of hydrogen-bond acceptors (Lipinski definition) is 5. The number of aromatic hydroxyl groups is 1. The standard InChI is InChI=1S/C22H21BrN4O/c1-14(17-6-3-5-9-20(17)28)26-27-22-18-7-2-4-8-19(18)24-21(25-22)15-10-12-16(23)13-11-15/h3,5-6,9-13,28H,2,4,7-8H2,1H3,(H,24,25,27). The SMILES string of the molecule is CC(=NNc1nc(-c2ccc(Br)cc2)nc2c1CCCC2)c1ccccc1O. The molecule has 0 aliphatic heterocycles. The van der Waals surface area contributed by atoms with Crippen LogP contribution in [0.2, 0.25) is 0 Å². The molecule has 2 N–H and O–H groups in total. The average Bonchev–Trinajstić information content (AvgIpc) is 2.72. The van der Waals surface area contributed by atoms with Crippen molar-refractivity contribution in [2.75, 3.05) is 5.43 Å². The van der Waals surface area contributed by atoms with Crippen LogP contribution in [0.4, 0.5) is 5.82 Å². The molecule has 6 heteroatoms. The van der Waals surface area contributed by atoms with E-state index in [0.717, 1.165) is 52.8 Å². The molecule has 3 aromatic rings. The summed E-state index contributed by atoms with van der Waals surface area (Å²) in [6, 6.07) is 15.2. The van der Waals surface area contributed by atoms with Crippen LogP contribution in [0, 0.1) is 0 Å². The third-order valence-electron chi connectivity index (χ3n) is 4.91. The maximum atomic E-state index is 10.0. The zero-order chi connectivity index (χ0) is 19.5. The Bertz CT molecular complexity index is 1030. The lowest BCUT2D eigenvalue weighted by Crippen LogP contribution is -2.12. The third-order valence-corrected chi connectivity index (χ3v) is 5.44. The van der Waals surface area contributed by atoms with Crippen molar-refractivity contribution < 1.29 is 5.11 Å². The molecule has 1 aromatic heterocycles. The molecule has 1 aliphatic rings. The predicted octanol–water partition coefficient (Wildman–Crippen LogP) is 5.33. The lowest BCUT2D eigenvalue weighted by atomic mass is 9.96. The summed E-state index contributed by atoms with van der Waals surface area (Å²) >= 11 is 3.47. The van der Waals surface area contributed by atoms with Gasteiger partial charge in [-0.15, -0.1) is 0 Å². The Balaban J connectivity index is 1.71. The number of nitrogens with one attached hydrogen (secondary N) is 1. The van der Waals surface area contributed by atoms with E-state index in [1.165, 1.54) is 0 Å². The number of phenols is 1. The summed E-state index contributed by atoms with van der Waals surface area (Å²) in [6.07, 6.45) is 4.18. The molecule has 0 fully saturated rings. The van der Waals surface area contributed by atoms with Crippen LogP contribution in [0.15, 0.2) is 58.1 Å². The first-order valence-electron chi connectivity index (χ1n) is 9.36. The van der Waals surface area contributed by atoms with Crippen LogP contribution in [-0.2, 0) is 12.8 Å². The van der Waals surface area contributed by atoms with Gasteiger partial charge in [-0.2, -0.15) is 5.10 Å². The summed E-state index contributed by atoms with van der Waals surface area (Å²) in [5.74, 6) is 1.66. The van der Waals surface area contributed by atoms with Crippen molar-refractivity contribution in [2.45, 2.75) is 32.6 Å². The number of para-hydroxylation sites is 1. The number of rotatable bonds is 4. The third kappa shape index (κ3) is 3.92. The molecule has 0 saturated carbocycles. The van der Waals surface area contributed by atoms with Gasteiger partial charge < -0.3 is 5.11 Å². The normalized spacial score (nSPS) is 13.9. The summed E-state index contributed by atoms with van der Waals surface area (Å²) in [6.45, 7) is 1.87. The van der Waals surface area contributed by atoms with Crippen molar-refractivity contribution in [3.05, 3.63) is 69.8 Å². The number of anilines is 1. The van der Waals surface area contributed by atoms with Crippen LogP contribution < -0.4 is 5.43 Å². The van der Waals surface area contributed by atoms with E-state index in [1.54, 1.807) is 12.1 Å². The maximum Gasteiger partial charge on any atom is 0.161 e. The predicted molar refractivity (Wildman–Crippen MR) is 116 cm³/mol. The quantitative estimate of drug-likeness (QED) is 0.428. The highest BCUT2D eigenvalue weighted by Gasteiger charge is 2.18. The molecule has 2 aromatic carbocycles. The number of fused-ring (bicyclic) bond motifs is 1. The highest BCUT2D eigenvalue weighted by atomic mass is 79.9. The molecule has 0 bridgehead atoms.